The first-order valence-electron chi connectivity index (χ1n) is 5.18. The maximum atomic E-state index is 10.7. The number of nitrogens with one attached hydrogen (secondary N) is 1. The van der Waals surface area contributed by atoms with Crippen molar-refractivity contribution in [3.63, 3.8) is 0 Å². The minimum absolute atomic E-state index is 0.0282. The van der Waals surface area contributed by atoms with E-state index in [1.54, 1.807) is 18.2 Å². The van der Waals surface area contributed by atoms with Crippen molar-refractivity contribution in [3.8, 4) is 11.8 Å². The third-order valence-electron chi connectivity index (χ3n) is 2.30. The van der Waals surface area contributed by atoms with Gasteiger partial charge >= 0.3 is 5.97 Å². The van der Waals surface area contributed by atoms with Crippen LogP contribution in [0.4, 0.5) is 11.7 Å². The lowest BCUT2D eigenvalue weighted by Crippen LogP contribution is -1.98. The normalized spacial score (nSPS) is 9.68. The first-order valence-corrected chi connectivity index (χ1v) is 5.18. The van der Waals surface area contributed by atoms with Crippen molar-refractivity contribution in [2.24, 2.45) is 0 Å². The monoisotopic (exact) mass is 259 g/mol. The first kappa shape index (κ1) is 12.4. The van der Waals surface area contributed by atoms with Crippen LogP contribution in [-0.4, -0.2) is 23.2 Å². The van der Waals surface area contributed by atoms with Gasteiger partial charge in [0.15, 0.2) is 5.69 Å². The van der Waals surface area contributed by atoms with Crippen LogP contribution in [-0.2, 0) is 0 Å². The summed E-state index contributed by atoms with van der Waals surface area (Å²) in [6, 6.07) is 6.76. The molecule has 0 unspecified atom stereocenters. The second kappa shape index (κ2) is 5.10. The highest BCUT2D eigenvalue weighted by atomic mass is 16.5. The average Bonchev–Trinajstić information content (AvgIpc) is 2.88. The van der Waals surface area contributed by atoms with Gasteiger partial charge in [-0.3, -0.25) is 0 Å². The molecule has 0 amide bonds. The fourth-order valence-electron chi connectivity index (χ4n) is 1.41. The van der Waals surface area contributed by atoms with E-state index in [1.807, 2.05) is 6.07 Å². The Morgan fingerprint density at radius 3 is 2.95 bits per heavy atom. The fraction of sp³-hybridized carbons (Fsp3) is 0.0833. The summed E-state index contributed by atoms with van der Waals surface area (Å²) in [5, 5.41) is 20.3. The van der Waals surface area contributed by atoms with E-state index in [0.717, 1.165) is 6.26 Å². The van der Waals surface area contributed by atoms with Crippen LogP contribution in [0.5, 0.6) is 5.75 Å². The Kier molecular flexibility index (Phi) is 3.34. The number of carbonyl (C=O) groups is 1. The Hall–Kier alpha value is -3.01. The molecule has 2 N–H and O–H groups in total. The number of carboxylic acids is 1. The van der Waals surface area contributed by atoms with Crippen LogP contribution in [0, 0.1) is 11.3 Å². The number of aromatic carboxylic acids is 1. The van der Waals surface area contributed by atoms with Gasteiger partial charge in [0.1, 0.15) is 12.0 Å². The Balaban J connectivity index is 2.27. The predicted molar refractivity (Wildman–Crippen MR) is 64.5 cm³/mol. The molecule has 1 aromatic heterocycles. The van der Waals surface area contributed by atoms with Gasteiger partial charge in [0.25, 0.3) is 6.01 Å². The molecule has 0 saturated carbocycles. The number of nitriles is 1. The number of oxazole rings is 1. The van der Waals surface area contributed by atoms with Gasteiger partial charge in [-0.05, 0) is 12.1 Å². The Bertz CT molecular complexity index is 657. The molecule has 1 heterocycles. The van der Waals surface area contributed by atoms with Crippen molar-refractivity contribution < 1.29 is 19.1 Å². The molecule has 2 rings (SSSR count). The largest absolute Gasteiger partial charge is 0.495 e. The standard InChI is InChI=1S/C12H9N3O4/c1-18-10-4-7(5-13)2-3-8(10)14-12-15-9(6-19-12)11(16)17/h2-4,6H,1H3,(H,14,15)(H,16,17). The minimum atomic E-state index is -1.18. The molecule has 0 fully saturated rings. The number of anilines is 2. The maximum Gasteiger partial charge on any atom is 0.357 e. The third-order valence-corrected chi connectivity index (χ3v) is 2.30. The number of hydrogen-bond donors (Lipinski definition) is 2. The van der Waals surface area contributed by atoms with Crippen molar-refractivity contribution in [3.05, 3.63) is 35.7 Å². The van der Waals surface area contributed by atoms with E-state index in [0.29, 0.717) is 17.0 Å². The van der Waals surface area contributed by atoms with Crippen LogP contribution < -0.4 is 10.1 Å². The molecule has 0 aliphatic heterocycles. The Morgan fingerprint density at radius 2 is 2.37 bits per heavy atom. The molecule has 0 atom stereocenters. The highest BCUT2D eigenvalue weighted by molar-refractivity contribution is 5.85. The molecular formula is C12H9N3O4. The summed E-state index contributed by atoms with van der Waals surface area (Å²) in [7, 11) is 1.46. The number of benzene rings is 1. The number of aromatic nitrogens is 1. The molecular weight excluding hydrogens is 250 g/mol. The molecule has 2 aromatic rings. The van der Waals surface area contributed by atoms with Crippen LogP contribution >= 0.6 is 0 Å². The zero-order valence-corrected chi connectivity index (χ0v) is 9.88. The van der Waals surface area contributed by atoms with Gasteiger partial charge in [0.05, 0.1) is 24.4 Å². The van der Waals surface area contributed by atoms with Gasteiger partial charge in [0, 0.05) is 6.07 Å². The predicted octanol–water partition coefficient (Wildman–Crippen LogP) is 2.00. The number of nitrogens with zero attached hydrogens (tertiary/aromatic N) is 2. The van der Waals surface area contributed by atoms with Crippen LogP contribution in [0.1, 0.15) is 16.1 Å². The van der Waals surface area contributed by atoms with E-state index in [4.69, 9.17) is 19.5 Å². The Morgan fingerprint density at radius 1 is 1.58 bits per heavy atom. The van der Waals surface area contributed by atoms with Crippen LogP contribution in [0.25, 0.3) is 0 Å². The molecule has 0 aliphatic rings. The summed E-state index contributed by atoms with van der Waals surface area (Å²) >= 11 is 0. The van der Waals surface area contributed by atoms with Gasteiger partial charge in [-0.1, -0.05) is 0 Å². The van der Waals surface area contributed by atoms with Crippen LogP contribution in [0.15, 0.2) is 28.9 Å². The molecule has 1 aromatic carbocycles. The molecule has 0 spiro atoms. The summed E-state index contributed by atoms with van der Waals surface area (Å²) in [5.74, 6) is -0.752. The molecule has 19 heavy (non-hydrogen) atoms. The second-order valence-corrected chi connectivity index (χ2v) is 3.49. The second-order valence-electron chi connectivity index (χ2n) is 3.49. The van der Waals surface area contributed by atoms with Crippen molar-refractivity contribution in [1.82, 2.24) is 4.98 Å². The summed E-state index contributed by atoms with van der Waals surface area (Å²) in [6.07, 6.45) is 1.03. The van der Waals surface area contributed by atoms with Crippen molar-refractivity contribution >= 4 is 17.7 Å². The van der Waals surface area contributed by atoms with E-state index in [9.17, 15) is 4.79 Å². The van der Waals surface area contributed by atoms with E-state index in [-0.39, 0.29) is 11.7 Å². The lowest BCUT2D eigenvalue weighted by molar-refractivity contribution is 0.0690. The van der Waals surface area contributed by atoms with Gasteiger partial charge in [-0.25, -0.2) is 4.79 Å². The zero-order valence-electron chi connectivity index (χ0n) is 9.88. The van der Waals surface area contributed by atoms with Gasteiger partial charge in [0.2, 0.25) is 0 Å². The third kappa shape index (κ3) is 2.63. The van der Waals surface area contributed by atoms with Crippen LogP contribution in [0.2, 0.25) is 0 Å². The highest BCUT2D eigenvalue weighted by Crippen LogP contribution is 2.28. The molecule has 0 radical (unpaired) electrons. The van der Waals surface area contributed by atoms with Gasteiger partial charge in [-0.2, -0.15) is 10.2 Å². The fourth-order valence-corrected chi connectivity index (χ4v) is 1.41. The maximum absolute atomic E-state index is 10.7. The summed E-state index contributed by atoms with van der Waals surface area (Å²) in [5.41, 5.74) is 0.761. The average molecular weight is 259 g/mol. The SMILES string of the molecule is COc1cc(C#N)ccc1Nc1nc(C(=O)O)co1. The minimum Gasteiger partial charge on any atom is -0.495 e. The number of ether oxygens (including phenoxy) is 1. The topological polar surface area (TPSA) is 108 Å². The molecule has 96 valence electrons. The van der Waals surface area contributed by atoms with E-state index in [2.05, 4.69) is 10.3 Å². The quantitative estimate of drug-likeness (QED) is 0.864. The number of carboxylic acid groups (broad SMARTS) is 1. The molecule has 0 bridgehead atoms. The number of methoxy groups -OCH3 is 1. The van der Waals surface area contributed by atoms with Gasteiger partial charge in [-0.15, -0.1) is 0 Å². The van der Waals surface area contributed by atoms with Crippen LogP contribution in [0.3, 0.4) is 0 Å². The van der Waals surface area contributed by atoms with Gasteiger partial charge < -0.3 is 19.6 Å². The molecule has 7 nitrogen and oxygen atoms in total. The molecule has 0 aliphatic carbocycles. The van der Waals surface area contributed by atoms with Crippen molar-refractivity contribution in [2.45, 2.75) is 0 Å². The summed E-state index contributed by atoms with van der Waals surface area (Å²) in [4.78, 5) is 14.4. The molecule has 0 saturated heterocycles. The van der Waals surface area contributed by atoms with E-state index < -0.39 is 5.97 Å². The van der Waals surface area contributed by atoms with Crippen molar-refractivity contribution in [2.75, 3.05) is 12.4 Å². The molecule has 7 heteroatoms. The lowest BCUT2D eigenvalue weighted by atomic mass is 10.2. The number of hydrogen-bond acceptors (Lipinski definition) is 6. The smallest absolute Gasteiger partial charge is 0.357 e. The highest BCUT2D eigenvalue weighted by Gasteiger charge is 2.12. The zero-order chi connectivity index (χ0) is 13.8. The Labute approximate surface area is 108 Å². The lowest BCUT2D eigenvalue weighted by Gasteiger charge is -2.08. The summed E-state index contributed by atoms with van der Waals surface area (Å²) in [6.45, 7) is 0. The first-order chi connectivity index (χ1) is 9.13. The van der Waals surface area contributed by atoms with E-state index in [1.165, 1.54) is 7.11 Å². The van der Waals surface area contributed by atoms with Crippen molar-refractivity contribution in [1.29, 1.82) is 5.26 Å². The van der Waals surface area contributed by atoms with E-state index >= 15 is 0 Å². The number of rotatable bonds is 4. The summed E-state index contributed by atoms with van der Waals surface area (Å²) < 4.78 is 10.1.